The fraction of sp³-hybridized carbons (Fsp3) is 0.389. The molecule has 0 saturated heterocycles. The highest BCUT2D eigenvalue weighted by molar-refractivity contribution is 5.22. The number of hydrogen-bond acceptors (Lipinski definition) is 3. The van der Waals surface area contributed by atoms with Crippen LogP contribution < -0.4 is 5.73 Å². The smallest absolute Gasteiger partial charge is 0.0514 e. The van der Waals surface area contributed by atoms with Crippen molar-refractivity contribution in [3.05, 3.63) is 65.5 Å². The van der Waals surface area contributed by atoms with E-state index in [2.05, 4.69) is 61.1 Å². The minimum absolute atomic E-state index is 0.102. The number of benzene rings is 1. The maximum absolute atomic E-state index is 6.36. The van der Waals surface area contributed by atoms with Gasteiger partial charge in [0.2, 0.25) is 0 Å². The van der Waals surface area contributed by atoms with Crippen LogP contribution in [-0.2, 0) is 6.54 Å². The molecule has 2 rings (SSSR count). The van der Waals surface area contributed by atoms with E-state index in [0.29, 0.717) is 0 Å². The first-order chi connectivity index (χ1) is 10.1. The number of aromatic nitrogens is 1. The number of hydrogen-bond donors (Lipinski definition) is 1. The van der Waals surface area contributed by atoms with Gasteiger partial charge in [0.15, 0.2) is 0 Å². The lowest BCUT2D eigenvalue weighted by atomic mass is 9.97. The van der Waals surface area contributed by atoms with Crippen molar-refractivity contribution in [1.82, 2.24) is 9.88 Å². The van der Waals surface area contributed by atoms with Gasteiger partial charge in [-0.05, 0) is 37.6 Å². The zero-order valence-corrected chi connectivity index (χ0v) is 13.2. The van der Waals surface area contributed by atoms with Gasteiger partial charge in [-0.3, -0.25) is 9.88 Å². The second kappa shape index (κ2) is 7.34. The molecule has 0 fully saturated rings. The summed E-state index contributed by atoms with van der Waals surface area (Å²) in [5, 5.41) is 0. The van der Waals surface area contributed by atoms with E-state index >= 15 is 0 Å². The van der Waals surface area contributed by atoms with Crippen molar-refractivity contribution in [2.45, 2.75) is 38.9 Å². The van der Waals surface area contributed by atoms with Crippen LogP contribution in [0.1, 0.15) is 36.1 Å². The maximum Gasteiger partial charge on any atom is 0.0514 e. The number of aryl methyl sites for hydroxylation is 1. The Balaban J connectivity index is 2.18. The van der Waals surface area contributed by atoms with Gasteiger partial charge in [-0.15, -0.1) is 0 Å². The van der Waals surface area contributed by atoms with Crippen molar-refractivity contribution in [2.24, 2.45) is 5.73 Å². The molecule has 0 aliphatic carbocycles. The molecule has 0 aliphatic heterocycles. The number of nitrogens with two attached hydrogens (primary N) is 1. The van der Waals surface area contributed by atoms with Crippen molar-refractivity contribution < 1.29 is 0 Å². The number of likely N-dealkylation sites (N-methyl/N-ethyl adjacent to an activating group) is 1. The molecular weight excluding hydrogens is 258 g/mol. The molecule has 3 heteroatoms. The molecule has 1 heterocycles. The molecule has 0 amide bonds. The van der Waals surface area contributed by atoms with Crippen LogP contribution in [0.3, 0.4) is 0 Å². The second-order valence-corrected chi connectivity index (χ2v) is 5.70. The lowest BCUT2D eigenvalue weighted by Crippen LogP contribution is -2.38. The molecule has 0 aliphatic rings. The lowest BCUT2D eigenvalue weighted by molar-refractivity contribution is 0.201. The van der Waals surface area contributed by atoms with E-state index in [0.717, 1.165) is 13.0 Å². The molecule has 1 aromatic heterocycles. The normalized spacial score (nSPS) is 14.1. The van der Waals surface area contributed by atoms with Crippen LogP contribution in [0.15, 0.2) is 48.8 Å². The first-order valence-corrected chi connectivity index (χ1v) is 7.53. The zero-order chi connectivity index (χ0) is 15.2. The monoisotopic (exact) mass is 283 g/mol. The van der Waals surface area contributed by atoms with Gasteiger partial charge in [0, 0.05) is 25.0 Å². The van der Waals surface area contributed by atoms with Gasteiger partial charge in [0.25, 0.3) is 0 Å². The average molecular weight is 283 g/mol. The average Bonchev–Trinajstić information content (AvgIpc) is 2.50. The first-order valence-electron chi connectivity index (χ1n) is 7.53. The van der Waals surface area contributed by atoms with Gasteiger partial charge >= 0.3 is 0 Å². The molecule has 3 nitrogen and oxygen atoms in total. The van der Waals surface area contributed by atoms with Crippen molar-refractivity contribution in [1.29, 1.82) is 0 Å². The summed E-state index contributed by atoms with van der Waals surface area (Å²) in [7, 11) is 2.13. The van der Waals surface area contributed by atoms with Crippen LogP contribution in [0.2, 0.25) is 0 Å². The van der Waals surface area contributed by atoms with Gasteiger partial charge in [-0.25, -0.2) is 0 Å². The van der Waals surface area contributed by atoms with E-state index in [1.807, 2.05) is 12.3 Å². The van der Waals surface area contributed by atoms with E-state index in [9.17, 15) is 0 Å². The molecular formula is C18H25N3. The summed E-state index contributed by atoms with van der Waals surface area (Å²) in [5.41, 5.74) is 10.1. The molecule has 1 aromatic carbocycles. The summed E-state index contributed by atoms with van der Waals surface area (Å²) < 4.78 is 0. The molecule has 0 saturated carbocycles. The molecule has 2 atom stereocenters. The van der Waals surface area contributed by atoms with Crippen LogP contribution in [0.25, 0.3) is 0 Å². The Morgan fingerprint density at radius 1 is 1.19 bits per heavy atom. The Labute approximate surface area is 127 Å². The number of nitrogens with zero attached hydrogens (tertiary/aromatic N) is 2. The Hall–Kier alpha value is -1.71. The van der Waals surface area contributed by atoms with Crippen molar-refractivity contribution in [3.63, 3.8) is 0 Å². The predicted octanol–water partition coefficient (Wildman–Crippen LogP) is 3.30. The quantitative estimate of drug-likeness (QED) is 0.884. The summed E-state index contributed by atoms with van der Waals surface area (Å²) in [5.74, 6) is 0. The molecule has 21 heavy (non-hydrogen) atoms. The van der Waals surface area contributed by atoms with Crippen LogP contribution in [0.4, 0.5) is 0 Å². The molecule has 0 bridgehead atoms. The summed E-state index contributed by atoms with van der Waals surface area (Å²) in [6.07, 6.45) is 4.67. The van der Waals surface area contributed by atoms with Crippen molar-refractivity contribution >= 4 is 0 Å². The van der Waals surface area contributed by atoms with E-state index in [4.69, 9.17) is 5.73 Å². The fourth-order valence-corrected chi connectivity index (χ4v) is 2.68. The van der Waals surface area contributed by atoms with Gasteiger partial charge in [0.1, 0.15) is 0 Å². The first kappa shape index (κ1) is 15.7. The largest absolute Gasteiger partial charge is 0.326 e. The highest BCUT2D eigenvalue weighted by Gasteiger charge is 2.23. The third-order valence-electron chi connectivity index (χ3n) is 3.93. The third-order valence-corrected chi connectivity index (χ3v) is 3.93. The molecule has 2 aromatic rings. The Kier molecular flexibility index (Phi) is 5.48. The van der Waals surface area contributed by atoms with Gasteiger partial charge < -0.3 is 5.73 Å². The van der Waals surface area contributed by atoms with E-state index in [1.165, 1.54) is 16.7 Å². The van der Waals surface area contributed by atoms with Crippen LogP contribution in [0.5, 0.6) is 0 Å². The van der Waals surface area contributed by atoms with Crippen molar-refractivity contribution in [3.8, 4) is 0 Å². The zero-order valence-electron chi connectivity index (χ0n) is 13.2. The van der Waals surface area contributed by atoms with Crippen LogP contribution >= 0.6 is 0 Å². The highest BCUT2D eigenvalue weighted by atomic mass is 15.1. The van der Waals surface area contributed by atoms with E-state index in [1.54, 1.807) is 6.20 Å². The SMILES string of the molecule is CCC(N)C(c1cccnc1)N(C)Cc1ccc(C)cc1. The summed E-state index contributed by atoms with van der Waals surface area (Å²) in [4.78, 5) is 6.56. The van der Waals surface area contributed by atoms with Crippen LogP contribution in [-0.4, -0.2) is 23.0 Å². The van der Waals surface area contributed by atoms with E-state index < -0.39 is 0 Å². The third kappa shape index (κ3) is 4.13. The Bertz CT molecular complexity index is 536. The Morgan fingerprint density at radius 2 is 1.90 bits per heavy atom. The minimum Gasteiger partial charge on any atom is -0.326 e. The molecule has 0 radical (unpaired) electrons. The van der Waals surface area contributed by atoms with Crippen LogP contribution in [0, 0.1) is 6.92 Å². The van der Waals surface area contributed by atoms with Gasteiger partial charge in [-0.2, -0.15) is 0 Å². The summed E-state index contributed by atoms with van der Waals surface area (Å²) >= 11 is 0. The highest BCUT2D eigenvalue weighted by Crippen LogP contribution is 2.24. The fourth-order valence-electron chi connectivity index (χ4n) is 2.68. The minimum atomic E-state index is 0.102. The standard InChI is InChI=1S/C18H25N3/c1-4-17(19)18(16-6-5-11-20-12-16)21(3)13-15-9-7-14(2)8-10-15/h5-12,17-18H,4,13,19H2,1-3H3. The topological polar surface area (TPSA) is 42.1 Å². The summed E-state index contributed by atoms with van der Waals surface area (Å²) in [6, 6.07) is 13.1. The van der Waals surface area contributed by atoms with E-state index in [-0.39, 0.29) is 12.1 Å². The molecule has 2 unspecified atom stereocenters. The number of pyridine rings is 1. The Morgan fingerprint density at radius 3 is 2.48 bits per heavy atom. The molecule has 2 N–H and O–H groups in total. The maximum atomic E-state index is 6.36. The van der Waals surface area contributed by atoms with Crippen molar-refractivity contribution in [2.75, 3.05) is 7.05 Å². The number of rotatable bonds is 6. The van der Waals surface area contributed by atoms with Gasteiger partial charge in [-0.1, -0.05) is 42.8 Å². The second-order valence-electron chi connectivity index (χ2n) is 5.70. The van der Waals surface area contributed by atoms with Gasteiger partial charge in [0.05, 0.1) is 6.04 Å². The lowest BCUT2D eigenvalue weighted by Gasteiger charge is -2.32. The molecule has 112 valence electrons. The predicted molar refractivity (Wildman–Crippen MR) is 87.9 cm³/mol. The molecule has 0 spiro atoms. The summed E-state index contributed by atoms with van der Waals surface area (Å²) in [6.45, 7) is 5.13.